The molecule has 3 aromatic rings. The lowest BCUT2D eigenvalue weighted by molar-refractivity contribution is -0.858. The van der Waals surface area contributed by atoms with Gasteiger partial charge in [0.25, 0.3) is 5.91 Å². The lowest BCUT2D eigenvalue weighted by Crippen LogP contribution is -3.05. The van der Waals surface area contributed by atoms with Gasteiger partial charge in [0.2, 0.25) is 5.76 Å². The van der Waals surface area contributed by atoms with Gasteiger partial charge in [-0.25, -0.2) is 0 Å². The normalized spacial score (nSPS) is 15.6. The number of hydrogen-bond acceptors (Lipinski definition) is 5. The number of methoxy groups -OCH3 is 2. The average molecular weight is 423 g/mol. The number of benzene rings is 2. The van der Waals surface area contributed by atoms with Gasteiger partial charge in [-0.2, -0.15) is 0 Å². The number of nitrogens with zero attached hydrogens (tertiary/aromatic N) is 1. The molecule has 0 fully saturated rings. The first-order chi connectivity index (χ1) is 15.0. The van der Waals surface area contributed by atoms with Crippen molar-refractivity contribution in [3.05, 3.63) is 69.6 Å². The molecular formula is C24H27N2O5+. The lowest BCUT2D eigenvalue weighted by atomic mass is 9.97. The predicted molar refractivity (Wildman–Crippen MR) is 117 cm³/mol. The molecular weight excluding hydrogens is 396 g/mol. The van der Waals surface area contributed by atoms with Crippen molar-refractivity contribution in [2.75, 3.05) is 41.4 Å². The second-order valence-corrected chi connectivity index (χ2v) is 7.96. The first-order valence-electron chi connectivity index (χ1n) is 10.3. The van der Waals surface area contributed by atoms with Crippen molar-refractivity contribution < 1.29 is 23.6 Å². The third-order valence-corrected chi connectivity index (χ3v) is 5.68. The maximum absolute atomic E-state index is 13.5. The Morgan fingerprint density at radius 3 is 2.52 bits per heavy atom. The van der Waals surface area contributed by atoms with Crippen LogP contribution in [0.25, 0.3) is 11.0 Å². The van der Waals surface area contributed by atoms with E-state index >= 15 is 0 Å². The Labute approximate surface area is 180 Å². The minimum absolute atomic E-state index is 0.107. The number of carbonyl (C=O) groups excluding carboxylic acids is 1. The smallest absolute Gasteiger partial charge is 0.290 e. The van der Waals surface area contributed by atoms with Crippen molar-refractivity contribution >= 4 is 16.9 Å². The zero-order chi connectivity index (χ0) is 22.1. The third-order valence-electron chi connectivity index (χ3n) is 5.68. The minimum Gasteiger partial charge on any atom is -0.493 e. The number of para-hydroxylation sites is 2. The summed E-state index contributed by atoms with van der Waals surface area (Å²) in [5.74, 6) is 0.882. The van der Waals surface area contributed by atoms with Crippen molar-refractivity contribution in [2.24, 2.45) is 0 Å². The highest BCUT2D eigenvalue weighted by Gasteiger charge is 2.44. The van der Waals surface area contributed by atoms with Gasteiger partial charge in [-0.3, -0.25) is 9.59 Å². The average Bonchev–Trinajstić information content (AvgIpc) is 3.05. The molecule has 31 heavy (non-hydrogen) atoms. The van der Waals surface area contributed by atoms with Crippen LogP contribution in [0.1, 0.15) is 34.1 Å². The number of carbonyl (C=O) groups is 1. The number of fused-ring (bicyclic) bond motifs is 2. The van der Waals surface area contributed by atoms with Gasteiger partial charge in [-0.05, 0) is 18.2 Å². The molecule has 0 radical (unpaired) electrons. The maximum atomic E-state index is 13.5. The Morgan fingerprint density at radius 2 is 1.81 bits per heavy atom. The molecule has 0 saturated carbocycles. The first-order valence-corrected chi connectivity index (χ1v) is 10.3. The number of ether oxygens (including phenoxy) is 2. The van der Waals surface area contributed by atoms with Gasteiger partial charge < -0.3 is 23.7 Å². The predicted octanol–water partition coefficient (Wildman–Crippen LogP) is 1.89. The van der Waals surface area contributed by atoms with E-state index in [2.05, 4.69) is 14.1 Å². The Morgan fingerprint density at radius 1 is 1.03 bits per heavy atom. The number of amides is 1. The van der Waals surface area contributed by atoms with Crippen LogP contribution in [-0.2, 0) is 0 Å². The molecule has 1 N–H and O–H groups in total. The van der Waals surface area contributed by atoms with Gasteiger partial charge in [-0.15, -0.1) is 0 Å². The second-order valence-electron chi connectivity index (χ2n) is 7.96. The van der Waals surface area contributed by atoms with Crippen molar-refractivity contribution in [3.8, 4) is 11.5 Å². The molecule has 1 amide bonds. The van der Waals surface area contributed by atoms with Crippen LogP contribution in [0.5, 0.6) is 11.5 Å². The highest BCUT2D eigenvalue weighted by Crippen LogP contribution is 2.44. The monoisotopic (exact) mass is 423 g/mol. The molecule has 1 atom stereocenters. The molecule has 2 aromatic carbocycles. The zero-order valence-corrected chi connectivity index (χ0v) is 18.2. The van der Waals surface area contributed by atoms with Crippen LogP contribution >= 0.6 is 0 Å². The highest BCUT2D eigenvalue weighted by molar-refractivity contribution is 5.99. The Bertz CT molecular complexity index is 1180. The molecule has 162 valence electrons. The molecule has 1 aliphatic rings. The molecule has 0 unspecified atom stereocenters. The van der Waals surface area contributed by atoms with Crippen molar-refractivity contribution in [2.45, 2.75) is 12.5 Å². The van der Waals surface area contributed by atoms with Crippen LogP contribution in [0, 0.1) is 0 Å². The van der Waals surface area contributed by atoms with E-state index in [0.717, 1.165) is 13.0 Å². The molecule has 7 nitrogen and oxygen atoms in total. The van der Waals surface area contributed by atoms with Gasteiger partial charge in [0, 0.05) is 18.5 Å². The summed E-state index contributed by atoms with van der Waals surface area (Å²) < 4.78 is 17.1. The molecule has 0 spiro atoms. The van der Waals surface area contributed by atoms with Gasteiger partial charge in [0.1, 0.15) is 5.58 Å². The molecule has 0 bridgehead atoms. The lowest BCUT2D eigenvalue weighted by Gasteiger charge is -2.27. The van der Waals surface area contributed by atoms with Crippen LogP contribution in [0.3, 0.4) is 0 Å². The maximum Gasteiger partial charge on any atom is 0.290 e. The standard InChI is InChI=1S/C24H26N2O5/c1-25(2)13-8-14-26-20(16-10-7-12-18(29-3)22(16)30-4)19-21(27)15-9-5-6-11-17(15)31-23(19)24(26)28/h5-7,9-12,20H,8,13-14H2,1-4H3/p+1/t20-/m0/s1. The van der Waals surface area contributed by atoms with E-state index < -0.39 is 6.04 Å². The first kappa shape index (κ1) is 20.9. The quantitative estimate of drug-likeness (QED) is 0.628. The second kappa shape index (κ2) is 8.43. The van der Waals surface area contributed by atoms with Crippen LogP contribution in [0.4, 0.5) is 0 Å². The highest BCUT2D eigenvalue weighted by atomic mass is 16.5. The number of hydrogen-bond donors (Lipinski definition) is 1. The van der Waals surface area contributed by atoms with Crippen LogP contribution in [0.15, 0.2) is 51.7 Å². The topological polar surface area (TPSA) is 73.4 Å². The van der Waals surface area contributed by atoms with E-state index in [1.54, 1.807) is 49.5 Å². The van der Waals surface area contributed by atoms with E-state index in [-0.39, 0.29) is 17.1 Å². The Hall–Kier alpha value is -3.32. The van der Waals surface area contributed by atoms with E-state index in [4.69, 9.17) is 13.9 Å². The third kappa shape index (κ3) is 3.55. The summed E-state index contributed by atoms with van der Waals surface area (Å²) in [5.41, 5.74) is 1.28. The Balaban J connectivity index is 1.93. The Kier molecular flexibility index (Phi) is 5.69. The number of nitrogens with one attached hydrogen (secondary N) is 1. The SMILES string of the molecule is COc1cccc([C@H]2c3c(oc4ccccc4c3=O)C(=O)N2CCC[NH+](C)C)c1OC. The molecule has 0 saturated heterocycles. The zero-order valence-electron chi connectivity index (χ0n) is 18.2. The molecule has 4 rings (SSSR count). The summed E-state index contributed by atoms with van der Waals surface area (Å²) >= 11 is 0. The molecule has 1 aliphatic heterocycles. The van der Waals surface area contributed by atoms with Gasteiger partial charge in [-0.1, -0.05) is 24.3 Å². The minimum atomic E-state index is -0.606. The summed E-state index contributed by atoms with van der Waals surface area (Å²) in [5, 5.41) is 0.459. The van der Waals surface area contributed by atoms with Gasteiger partial charge >= 0.3 is 0 Å². The van der Waals surface area contributed by atoms with E-state index in [0.29, 0.717) is 40.1 Å². The summed E-state index contributed by atoms with van der Waals surface area (Å²) in [6.07, 6.45) is 0.790. The van der Waals surface area contributed by atoms with Crippen LogP contribution in [0.2, 0.25) is 0 Å². The van der Waals surface area contributed by atoms with Crippen LogP contribution in [-0.4, -0.2) is 52.2 Å². The summed E-state index contributed by atoms with van der Waals surface area (Å²) in [4.78, 5) is 29.9. The van der Waals surface area contributed by atoms with Crippen LogP contribution < -0.4 is 19.8 Å². The fourth-order valence-electron chi connectivity index (χ4n) is 4.25. The van der Waals surface area contributed by atoms with Crippen molar-refractivity contribution in [1.82, 2.24) is 4.90 Å². The summed E-state index contributed by atoms with van der Waals surface area (Å²) in [6.45, 7) is 1.39. The number of quaternary nitrogens is 1. The largest absolute Gasteiger partial charge is 0.493 e. The fraction of sp³-hybridized carbons (Fsp3) is 0.333. The van der Waals surface area contributed by atoms with Crippen molar-refractivity contribution in [3.63, 3.8) is 0 Å². The van der Waals surface area contributed by atoms with Gasteiger partial charge in [0.15, 0.2) is 16.9 Å². The molecule has 0 aliphatic carbocycles. The molecule has 1 aromatic heterocycles. The fourth-order valence-corrected chi connectivity index (χ4v) is 4.25. The molecule has 2 heterocycles. The van der Waals surface area contributed by atoms with E-state index in [1.165, 1.54) is 4.90 Å². The van der Waals surface area contributed by atoms with Crippen molar-refractivity contribution in [1.29, 1.82) is 0 Å². The number of rotatable bonds is 7. The van der Waals surface area contributed by atoms with E-state index in [9.17, 15) is 9.59 Å². The van der Waals surface area contributed by atoms with Gasteiger partial charge in [0.05, 0.1) is 51.9 Å². The molecule has 7 heteroatoms. The summed E-state index contributed by atoms with van der Waals surface area (Å²) in [7, 11) is 7.26. The summed E-state index contributed by atoms with van der Waals surface area (Å²) in [6, 6.07) is 11.9. The van der Waals surface area contributed by atoms with E-state index in [1.807, 2.05) is 12.1 Å².